The standard InChI is InChI=1S/C21H26O5/c1-13(2)7-8-14-18(24-5)15(9-10-17(22)23)20-16(19(14)25-6)11-12-21(3,4)26-20/h7-8,11-12H,1,9-10H2,2-6H3,(H,22,23). The van der Waals surface area contributed by atoms with E-state index in [9.17, 15) is 4.79 Å². The summed E-state index contributed by atoms with van der Waals surface area (Å²) in [6.07, 6.45) is 7.93. The van der Waals surface area contributed by atoms with Crippen molar-refractivity contribution in [2.75, 3.05) is 14.2 Å². The molecule has 0 bridgehead atoms. The van der Waals surface area contributed by atoms with Gasteiger partial charge in [-0.3, -0.25) is 4.79 Å². The quantitative estimate of drug-likeness (QED) is 0.727. The molecule has 1 heterocycles. The molecule has 26 heavy (non-hydrogen) atoms. The Balaban J connectivity index is 2.79. The summed E-state index contributed by atoms with van der Waals surface area (Å²) in [6.45, 7) is 9.67. The number of rotatable bonds is 7. The number of aliphatic carboxylic acids is 1. The van der Waals surface area contributed by atoms with Crippen LogP contribution in [0.4, 0.5) is 0 Å². The zero-order chi connectivity index (χ0) is 19.5. The molecule has 0 atom stereocenters. The molecule has 1 aromatic rings. The van der Waals surface area contributed by atoms with E-state index < -0.39 is 11.6 Å². The average Bonchev–Trinajstić information content (AvgIpc) is 2.56. The first-order chi connectivity index (χ1) is 12.2. The van der Waals surface area contributed by atoms with Crippen LogP contribution < -0.4 is 14.2 Å². The minimum atomic E-state index is -0.874. The first-order valence-electron chi connectivity index (χ1n) is 8.44. The fraction of sp³-hybridized carbons (Fsp3) is 0.381. The van der Waals surface area contributed by atoms with Gasteiger partial charge in [-0.15, -0.1) is 0 Å². The summed E-state index contributed by atoms with van der Waals surface area (Å²) in [4.78, 5) is 11.1. The number of hydrogen-bond acceptors (Lipinski definition) is 4. The lowest BCUT2D eigenvalue weighted by Crippen LogP contribution is -2.28. The molecule has 0 radical (unpaired) electrons. The summed E-state index contributed by atoms with van der Waals surface area (Å²) >= 11 is 0. The van der Waals surface area contributed by atoms with Crippen molar-refractivity contribution in [3.8, 4) is 17.2 Å². The third-order valence-corrected chi connectivity index (χ3v) is 4.07. The van der Waals surface area contributed by atoms with E-state index in [1.165, 1.54) is 0 Å². The molecular weight excluding hydrogens is 332 g/mol. The summed E-state index contributed by atoms with van der Waals surface area (Å²) < 4.78 is 17.5. The van der Waals surface area contributed by atoms with Crippen LogP contribution in [0.3, 0.4) is 0 Å². The summed E-state index contributed by atoms with van der Waals surface area (Å²) in [5.74, 6) is 0.923. The van der Waals surface area contributed by atoms with Gasteiger partial charge in [-0.2, -0.15) is 0 Å². The van der Waals surface area contributed by atoms with Gasteiger partial charge in [0.25, 0.3) is 0 Å². The molecule has 2 rings (SSSR count). The van der Waals surface area contributed by atoms with Crippen molar-refractivity contribution in [3.63, 3.8) is 0 Å². The topological polar surface area (TPSA) is 65.0 Å². The minimum absolute atomic E-state index is 0.0216. The highest BCUT2D eigenvalue weighted by Crippen LogP contribution is 2.48. The van der Waals surface area contributed by atoms with E-state index in [-0.39, 0.29) is 6.42 Å². The lowest BCUT2D eigenvalue weighted by atomic mass is 9.92. The number of benzene rings is 1. The van der Waals surface area contributed by atoms with Crippen molar-refractivity contribution >= 4 is 18.1 Å². The lowest BCUT2D eigenvalue weighted by molar-refractivity contribution is -0.136. The molecule has 0 amide bonds. The van der Waals surface area contributed by atoms with E-state index in [1.54, 1.807) is 14.2 Å². The molecule has 5 nitrogen and oxygen atoms in total. The maximum Gasteiger partial charge on any atom is 0.303 e. The van der Waals surface area contributed by atoms with Gasteiger partial charge in [0, 0.05) is 12.0 Å². The van der Waals surface area contributed by atoms with Gasteiger partial charge in [0.15, 0.2) is 0 Å². The number of fused-ring (bicyclic) bond motifs is 1. The fourth-order valence-corrected chi connectivity index (χ4v) is 2.92. The average molecular weight is 358 g/mol. The smallest absolute Gasteiger partial charge is 0.303 e. The molecule has 1 aliphatic heterocycles. The van der Waals surface area contributed by atoms with Gasteiger partial charge >= 0.3 is 5.97 Å². The molecule has 140 valence electrons. The van der Waals surface area contributed by atoms with Crippen molar-refractivity contribution in [1.29, 1.82) is 0 Å². The minimum Gasteiger partial charge on any atom is -0.496 e. The van der Waals surface area contributed by atoms with Crippen LogP contribution in [0.25, 0.3) is 12.2 Å². The van der Waals surface area contributed by atoms with E-state index in [0.29, 0.717) is 23.7 Å². The van der Waals surface area contributed by atoms with Crippen molar-refractivity contribution in [2.45, 2.75) is 39.2 Å². The predicted molar refractivity (Wildman–Crippen MR) is 103 cm³/mol. The molecule has 0 aliphatic carbocycles. The van der Waals surface area contributed by atoms with Crippen LogP contribution >= 0.6 is 0 Å². The molecule has 5 heteroatoms. The molecular formula is C21H26O5. The van der Waals surface area contributed by atoms with Gasteiger partial charge in [-0.05, 0) is 45.4 Å². The van der Waals surface area contributed by atoms with Crippen molar-refractivity contribution < 1.29 is 24.1 Å². The van der Waals surface area contributed by atoms with E-state index in [4.69, 9.17) is 19.3 Å². The van der Waals surface area contributed by atoms with Crippen LogP contribution in [0.15, 0.2) is 24.3 Å². The van der Waals surface area contributed by atoms with Crippen molar-refractivity contribution in [3.05, 3.63) is 41.0 Å². The van der Waals surface area contributed by atoms with E-state index in [2.05, 4.69) is 6.58 Å². The third kappa shape index (κ3) is 4.10. The Kier molecular flexibility index (Phi) is 5.80. The highest BCUT2D eigenvalue weighted by atomic mass is 16.5. The number of carboxylic acids is 1. The normalized spacial score (nSPS) is 14.7. The Morgan fingerprint density at radius 2 is 1.96 bits per heavy atom. The second-order valence-electron chi connectivity index (χ2n) is 6.81. The van der Waals surface area contributed by atoms with Gasteiger partial charge in [0.05, 0.1) is 25.3 Å². The molecule has 0 unspecified atom stereocenters. The highest BCUT2D eigenvalue weighted by molar-refractivity contribution is 5.81. The molecule has 1 aliphatic rings. The summed E-state index contributed by atoms with van der Waals surface area (Å²) in [5.41, 5.74) is 2.63. The fourth-order valence-electron chi connectivity index (χ4n) is 2.92. The van der Waals surface area contributed by atoms with Crippen LogP contribution in [0, 0.1) is 0 Å². The van der Waals surface area contributed by atoms with Crippen LogP contribution in [-0.2, 0) is 11.2 Å². The van der Waals surface area contributed by atoms with Crippen molar-refractivity contribution in [2.24, 2.45) is 0 Å². The third-order valence-electron chi connectivity index (χ3n) is 4.07. The Morgan fingerprint density at radius 1 is 1.31 bits per heavy atom. The summed E-state index contributed by atoms with van der Waals surface area (Å²) in [5, 5.41) is 9.15. The zero-order valence-corrected chi connectivity index (χ0v) is 16.0. The lowest BCUT2D eigenvalue weighted by Gasteiger charge is -2.32. The number of carboxylic acid groups (broad SMARTS) is 1. The number of methoxy groups -OCH3 is 2. The maximum absolute atomic E-state index is 11.1. The molecule has 1 N–H and O–H groups in total. The Morgan fingerprint density at radius 3 is 2.50 bits per heavy atom. The molecule has 0 aromatic heterocycles. The SMILES string of the molecule is C=C(C)C=Cc1c(OC)c2c(c(CCC(=O)O)c1OC)OC(C)(C)C=C2. The van der Waals surface area contributed by atoms with E-state index in [0.717, 1.165) is 22.3 Å². The van der Waals surface area contributed by atoms with Crippen LogP contribution in [0.2, 0.25) is 0 Å². The Labute approximate surface area is 154 Å². The highest BCUT2D eigenvalue weighted by Gasteiger charge is 2.31. The second kappa shape index (κ2) is 7.68. The Bertz CT molecular complexity index is 784. The number of ether oxygens (including phenoxy) is 3. The molecule has 0 saturated heterocycles. The van der Waals surface area contributed by atoms with E-state index >= 15 is 0 Å². The van der Waals surface area contributed by atoms with Gasteiger partial charge in [0.1, 0.15) is 22.8 Å². The summed E-state index contributed by atoms with van der Waals surface area (Å²) in [7, 11) is 3.16. The van der Waals surface area contributed by atoms with Gasteiger partial charge < -0.3 is 19.3 Å². The number of carbonyl (C=O) groups is 1. The number of allylic oxidation sites excluding steroid dienone is 2. The molecule has 0 fully saturated rings. The van der Waals surface area contributed by atoms with Crippen molar-refractivity contribution in [1.82, 2.24) is 0 Å². The van der Waals surface area contributed by atoms with Crippen LogP contribution in [0.1, 0.15) is 43.9 Å². The monoisotopic (exact) mass is 358 g/mol. The van der Waals surface area contributed by atoms with Crippen LogP contribution in [-0.4, -0.2) is 30.9 Å². The van der Waals surface area contributed by atoms with Gasteiger partial charge in [-0.25, -0.2) is 0 Å². The zero-order valence-electron chi connectivity index (χ0n) is 16.0. The summed E-state index contributed by atoms with van der Waals surface area (Å²) in [6, 6.07) is 0. The number of hydrogen-bond donors (Lipinski definition) is 1. The molecule has 0 saturated carbocycles. The maximum atomic E-state index is 11.1. The molecule has 1 aromatic carbocycles. The largest absolute Gasteiger partial charge is 0.496 e. The van der Waals surface area contributed by atoms with E-state index in [1.807, 2.05) is 45.1 Å². The van der Waals surface area contributed by atoms with Gasteiger partial charge in [-0.1, -0.05) is 18.2 Å². The molecule has 0 spiro atoms. The first kappa shape index (κ1) is 19.6. The second-order valence-corrected chi connectivity index (χ2v) is 6.81. The van der Waals surface area contributed by atoms with Crippen LogP contribution in [0.5, 0.6) is 17.2 Å². The first-order valence-corrected chi connectivity index (χ1v) is 8.44. The predicted octanol–water partition coefficient (Wildman–Crippen LogP) is 4.49. The van der Waals surface area contributed by atoms with Gasteiger partial charge in [0.2, 0.25) is 0 Å². The Hall–Kier alpha value is -2.69.